The van der Waals surface area contributed by atoms with Crippen LogP contribution in [0.15, 0.2) is 62.8 Å². The second kappa shape index (κ2) is 10.5. The quantitative estimate of drug-likeness (QED) is 0.272. The van der Waals surface area contributed by atoms with Crippen LogP contribution in [-0.4, -0.2) is 41.7 Å². The van der Waals surface area contributed by atoms with Crippen LogP contribution in [0.1, 0.15) is 72.3 Å². The van der Waals surface area contributed by atoms with Gasteiger partial charge in [0.05, 0.1) is 6.10 Å². The molecule has 3 saturated carbocycles. The minimum absolute atomic E-state index is 0.0203. The molecule has 39 heavy (non-hydrogen) atoms. The van der Waals surface area contributed by atoms with Crippen LogP contribution in [0.5, 0.6) is 0 Å². The molecule has 0 bridgehead atoms. The van der Waals surface area contributed by atoms with Crippen LogP contribution < -0.4 is 0 Å². The highest BCUT2D eigenvalue weighted by molar-refractivity contribution is 9.10. The molecule has 212 valence electrons. The van der Waals surface area contributed by atoms with Gasteiger partial charge in [-0.05, 0) is 85.1 Å². The third-order valence-electron chi connectivity index (χ3n) is 11.2. The fourth-order valence-corrected chi connectivity index (χ4v) is 9.60. The summed E-state index contributed by atoms with van der Waals surface area (Å²) in [6, 6.07) is 8.11. The first kappa shape index (κ1) is 28.6. The van der Waals surface area contributed by atoms with Gasteiger partial charge in [-0.15, -0.1) is 0 Å². The number of allylic oxidation sites excluding steroid dienone is 4. The maximum absolute atomic E-state index is 12.0. The van der Waals surface area contributed by atoms with E-state index in [-0.39, 0.29) is 28.3 Å². The Hall–Kier alpha value is -1.92. The molecule has 0 heterocycles. The van der Waals surface area contributed by atoms with Crippen molar-refractivity contribution in [3.63, 3.8) is 0 Å². The molecule has 1 N–H and O–H groups in total. The van der Waals surface area contributed by atoms with Crippen molar-refractivity contribution in [3.05, 3.63) is 58.1 Å². The lowest BCUT2D eigenvalue weighted by atomic mass is 9.44. The molecule has 5 nitrogen and oxygen atoms in total. The van der Waals surface area contributed by atoms with Gasteiger partial charge in [0.1, 0.15) is 12.3 Å². The van der Waals surface area contributed by atoms with Crippen molar-refractivity contribution in [2.24, 2.45) is 50.2 Å². The van der Waals surface area contributed by atoms with Gasteiger partial charge in [-0.2, -0.15) is 5.10 Å². The predicted molar refractivity (Wildman–Crippen MR) is 163 cm³/mol. The Bertz CT molecular complexity index is 1220. The summed E-state index contributed by atoms with van der Waals surface area (Å²) < 4.78 is 1.04. The van der Waals surface area contributed by atoms with E-state index in [0.29, 0.717) is 24.4 Å². The van der Waals surface area contributed by atoms with E-state index in [1.54, 1.807) is 0 Å². The molecule has 6 heteroatoms. The van der Waals surface area contributed by atoms with Crippen molar-refractivity contribution >= 4 is 27.4 Å². The Kier molecular flexibility index (Phi) is 7.69. The third kappa shape index (κ3) is 4.64. The molecule has 0 radical (unpaired) electrons. The van der Waals surface area contributed by atoms with Gasteiger partial charge in [0.25, 0.3) is 0 Å². The largest absolute Gasteiger partial charge is 0.393 e. The first-order valence-corrected chi connectivity index (χ1v) is 15.5. The lowest BCUT2D eigenvalue weighted by Gasteiger charge is -2.60. The molecule has 4 aliphatic carbocycles. The van der Waals surface area contributed by atoms with Crippen LogP contribution in [0, 0.1) is 39.9 Å². The maximum Gasteiger partial charge on any atom is 0.142 e. The molecule has 8 atom stereocenters. The maximum atomic E-state index is 12.0. The molecule has 3 fully saturated rings. The Morgan fingerprint density at radius 2 is 2.00 bits per heavy atom. The summed E-state index contributed by atoms with van der Waals surface area (Å²) in [5.74, 6) is 1.84. The number of fused-ring (bicyclic) bond motifs is 5. The number of aliphatic hydroxyl groups excluding tert-OH is 1. The third-order valence-corrected chi connectivity index (χ3v) is 11.7. The number of hydrogen-bond acceptors (Lipinski definition) is 5. The first-order chi connectivity index (χ1) is 18.4. The van der Waals surface area contributed by atoms with Crippen molar-refractivity contribution in [1.82, 2.24) is 5.01 Å². The molecule has 0 aromatic heterocycles. The second-order valence-corrected chi connectivity index (χ2v) is 14.2. The summed E-state index contributed by atoms with van der Waals surface area (Å²) in [7, 11) is 4.05. The Labute approximate surface area is 243 Å². The van der Waals surface area contributed by atoms with Gasteiger partial charge >= 0.3 is 0 Å². The number of benzene rings is 1. The first-order valence-electron chi connectivity index (χ1n) is 14.7. The average Bonchev–Trinajstić information content (AvgIpc) is 3.08. The van der Waals surface area contributed by atoms with Crippen LogP contribution in [0.4, 0.5) is 0 Å². The van der Waals surface area contributed by atoms with Crippen LogP contribution >= 0.6 is 15.9 Å². The molecule has 5 rings (SSSR count). The normalized spacial score (nSPS) is 40.5. The average molecular weight is 597 g/mol. The Morgan fingerprint density at radius 1 is 1.23 bits per heavy atom. The number of rotatable bonds is 6. The zero-order valence-corrected chi connectivity index (χ0v) is 26.3. The summed E-state index contributed by atoms with van der Waals surface area (Å²) in [5, 5.41) is 23.4. The summed E-state index contributed by atoms with van der Waals surface area (Å²) >= 11 is 3.52. The summed E-state index contributed by atoms with van der Waals surface area (Å²) in [4.78, 5) is 5.73. The summed E-state index contributed by atoms with van der Waals surface area (Å²) in [6.07, 6.45) is 11.5. The Morgan fingerprint density at radius 3 is 2.69 bits per heavy atom. The zero-order chi connectivity index (χ0) is 28.2. The number of oxime groups is 1. The van der Waals surface area contributed by atoms with Crippen molar-refractivity contribution in [2.45, 2.75) is 79.4 Å². The van der Waals surface area contributed by atoms with E-state index < -0.39 is 0 Å². The fraction of sp³-hybridized carbons (Fsp3) is 0.636. The number of aliphatic hydroxyl groups is 1. The van der Waals surface area contributed by atoms with E-state index in [1.165, 1.54) is 17.7 Å². The molecule has 0 saturated heterocycles. The van der Waals surface area contributed by atoms with Crippen LogP contribution in [0.2, 0.25) is 0 Å². The number of hydrogen-bond donors (Lipinski definition) is 1. The zero-order valence-electron chi connectivity index (χ0n) is 24.7. The predicted octanol–water partition coefficient (Wildman–Crippen LogP) is 7.61. The minimum atomic E-state index is -0.344. The highest BCUT2D eigenvalue weighted by Gasteiger charge is 2.67. The Balaban J connectivity index is 1.39. The molecule has 1 aromatic rings. The number of halogens is 1. The van der Waals surface area contributed by atoms with Crippen LogP contribution in [0.3, 0.4) is 0 Å². The van der Waals surface area contributed by atoms with Crippen LogP contribution in [0.25, 0.3) is 0 Å². The SMILES string of the molecule is CCC(=NN(C)C)[C@@]1(C)[C@H](C)C[C@H]2[C@@H]3CCC4=CC(=NOCc5cccc(Br)c5)C=C[C@]4(C)[C@H]3[C@@H](O)C[C@@]21C. The standard InChI is InChI=1S/C33H46BrN3O2/c1-8-29(35-37(6)7)33(5)21(2)16-27-26-13-12-23-18-25(36-39-20-22-10-9-11-24(34)17-22)14-15-31(23,3)30(26)28(38)19-32(27,33)4/h9-11,14-15,17-18,21,26-28,30,38H,8,12-13,16,19-20H2,1-7H3/t21-,26+,27+,28+,30-,31+,32+,33-/m1/s1. The van der Waals surface area contributed by atoms with Crippen molar-refractivity contribution in [3.8, 4) is 0 Å². The van der Waals surface area contributed by atoms with Crippen molar-refractivity contribution in [1.29, 1.82) is 0 Å². The van der Waals surface area contributed by atoms with Crippen molar-refractivity contribution < 1.29 is 9.94 Å². The molecule has 1 aromatic carbocycles. The molecule has 0 amide bonds. The molecular weight excluding hydrogens is 550 g/mol. The lowest BCUT2D eigenvalue weighted by molar-refractivity contribution is -0.122. The van der Waals surface area contributed by atoms with Gasteiger partial charge in [-0.1, -0.05) is 79.5 Å². The molecule has 4 aliphatic rings. The van der Waals surface area contributed by atoms with Gasteiger partial charge < -0.3 is 15.0 Å². The van der Waals surface area contributed by atoms with Gasteiger partial charge in [-0.25, -0.2) is 0 Å². The van der Waals surface area contributed by atoms with Gasteiger partial charge in [0, 0.05) is 41.0 Å². The number of hydrazone groups is 1. The lowest BCUT2D eigenvalue weighted by Crippen LogP contribution is -2.58. The van der Waals surface area contributed by atoms with Gasteiger partial charge in [-0.3, -0.25) is 0 Å². The number of nitrogens with zero attached hydrogens (tertiary/aromatic N) is 3. The fourth-order valence-electron chi connectivity index (χ4n) is 9.16. The van der Waals surface area contributed by atoms with E-state index in [4.69, 9.17) is 9.94 Å². The van der Waals surface area contributed by atoms with Crippen LogP contribution in [-0.2, 0) is 11.4 Å². The highest BCUT2D eigenvalue weighted by Crippen LogP contribution is 2.71. The monoisotopic (exact) mass is 595 g/mol. The van der Waals surface area contributed by atoms with Crippen molar-refractivity contribution in [2.75, 3.05) is 14.1 Å². The summed E-state index contributed by atoms with van der Waals surface area (Å²) in [5.41, 5.74) is 4.48. The second-order valence-electron chi connectivity index (χ2n) is 13.3. The van der Waals surface area contributed by atoms with E-state index in [1.807, 2.05) is 37.3 Å². The van der Waals surface area contributed by atoms with E-state index >= 15 is 0 Å². The van der Waals surface area contributed by atoms with E-state index in [2.05, 4.69) is 80.0 Å². The summed E-state index contributed by atoms with van der Waals surface area (Å²) in [6.45, 7) is 12.4. The molecule has 0 spiro atoms. The van der Waals surface area contributed by atoms with Gasteiger partial charge in [0.2, 0.25) is 0 Å². The molecule has 0 aliphatic heterocycles. The van der Waals surface area contributed by atoms with Gasteiger partial charge in [0.15, 0.2) is 0 Å². The molecular formula is C33H46BrN3O2. The topological polar surface area (TPSA) is 57.4 Å². The highest BCUT2D eigenvalue weighted by atomic mass is 79.9. The van der Waals surface area contributed by atoms with E-state index in [0.717, 1.165) is 41.4 Å². The minimum Gasteiger partial charge on any atom is -0.393 e. The molecule has 0 unspecified atom stereocenters. The van der Waals surface area contributed by atoms with E-state index in [9.17, 15) is 5.11 Å². The smallest absolute Gasteiger partial charge is 0.142 e.